The van der Waals surface area contributed by atoms with Gasteiger partial charge in [0.2, 0.25) is 5.91 Å². The van der Waals surface area contributed by atoms with E-state index in [0.717, 1.165) is 64.7 Å². The molecule has 3 aliphatic rings. The fourth-order valence-electron chi connectivity index (χ4n) is 4.59. The highest BCUT2D eigenvalue weighted by Gasteiger charge is 2.34. The molecular weight excluding hydrogens is 370 g/mol. The Kier molecular flexibility index (Phi) is 4.91. The number of rotatable bonds is 4. The predicted octanol–water partition coefficient (Wildman–Crippen LogP) is 0.720. The Morgan fingerprint density at radius 1 is 1.07 bits per heavy atom. The van der Waals surface area contributed by atoms with Crippen LogP contribution in [0.25, 0.3) is 5.65 Å². The summed E-state index contributed by atoms with van der Waals surface area (Å²) in [5.41, 5.74) is 1.20. The maximum absolute atomic E-state index is 12.9. The molecule has 0 aromatic carbocycles. The lowest BCUT2D eigenvalue weighted by molar-refractivity contribution is -0.127. The summed E-state index contributed by atoms with van der Waals surface area (Å²) in [7, 11) is 0. The Morgan fingerprint density at radius 3 is 2.69 bits per heavy atom. The molecule has 2 aromatic rings. The van der Waals surface area contributed by atoms with E-state index in [4.69, 9.17) is 0 Å². The number of tetrazole rings is 1. The molecule has 2 amide bonds. The normalized spacial score (nSPS) is 24.0. The van der Waals surface area contributed by atoms with E-state index >= 15 is 0 Å². The Balaban J connectivity index is 1.16. The molecule has 0 unspecified atom stereocenters. The fourth-order valence-corrected chi connectivity index (χ4v) is 4.59. The van der Waals surface area contributed by atoms with E-state index in [1.165, 1.54) is 0 Å². The molecule has 0 bridgehead atoms. The van der Waals surface area contributed by atoms with Gasteiger partial charge in [-0.3, -0.25) is 14.5 Å². The van der Waals surface area contributed by atoms with E-state index < -0.39 is 0 Å². The van der Waals surface area contributed by atoms with Gasteiger partial charge in [-0.25, -0.2) is 4.52 Å². The van der Waals surface area contributed by atoms with Crippen LogP contribution in [0.1, 0.15) is 48.9 Å². The molecule has 2 aliphatic heterocycles. The predicted molar refractivity (Wildman–Crippen MR) is 105 cm³/mol. The van der Waals surface area contributed by atoms with Crippen LogP contribution in [0.5, 0.6) is 0 Å². The van der Waals surface area contributed by atoms with Crippen LogP contribution < -0.4 is 5.32 Å². The van der Waals surface area contributed by atoms with Gasteiger partial charge in [0.1, 0.15) is 0 Å². The van der Waals surface area contributed by atoms with Crippen LogP contribution in [-0.4, -0.2) is 79.9 Å². The SMILES string of the molecule is O=C(NC1CC1)[C@H]1CCCN(C2CCN(C(=O)c3ccn4nnnc4c3)CC2)C1. The first kappa shape index (κ1) is 18.5. The quantitative estimate of drug-likeness (QED) is 0.817. The standard InChI is InChI=1S/C20H27N7O2/c28-19(21-16-3-4-16)15-2-1-8-26(13-15)17-6-9-25(10-7-17)20(29)14-5-11-27-18(12-14)22-23-24-27/h5,11-12,15-17H,1-4,6-10,13H2,(H,21,28)/t15-/m0/s1. The molecule has 5 rings (SSSR count). The van der Waals surface area contributed by atoms with Crippen LogP contribution in [0.3, 0.4) is 0 Å². The molecule has 9 heteroatoms. The highest BCUT2D eigenvalue weighted by molar-refractivity contribution is 5.95. The fraction of sp³-hybridized carbons (Fsp3) is 0.650. The number of carbonyl (C=O) groups is 2. The number of nitrogens with zero attached hydrogens (tertiary/aromatic N) is 6. The van der Waals surface area contributed by atoms with E-state index in [1.54, 1.807) is 22.8 Å². The molecule has 1 atom stereocenters. The van der Waals surface area contributed by atoms with E-state index in [2.05, 4.69) is 25.7 Å². The monoisotopic (exact) mass is 397 g/mol. The van der Waals surface area contributed by atoms with Crippen molar-refractivity contribution < 1.29 is 9.59 Å². The number of aromatic nitrogens is 4. The first-order valence-corrected chi connectivity index (χ1v) is 10.7. The third-order valence-corrected chi connectivity index (χ3v) is 6.46. The third-order valence-electron chi connectivity index (χ3n) is 6.46. The topological polar surface area (TPSA) is 95.7 Å². The highest BCUT2D eigenvalue weighted by Crippen LogP contribution is 2.26. The summed E-state index contributed by atoms with van der Waals surface area (Å²) in [4.78, 5) is 29.7. The molecule has 1 saturated carbocycles. The van der Waals surface area contributed by atoms with E-state index in [0.29, 0.717) is 23.3 Å². The Bertz CT molecular complexity index is 901. The largest absolute Gasteiger partial charge is 0.353 e. The van der Waals surface area contributed by atoms with Crippen LogP contribution in [0.2, 0.25) is 0 Å². The molecule has 0 spiro atoms. The average Bonchev–Trinajstić information content (AvgIpc) is 3.46. The van der Waals surface area contributed by atoms with Gasteiger partial charge in [-0.15, -0.1) is 5.10 Å². The van der Waals surface area contributed by atoms with Crippen LogP contribution >= 0.6 is 0 Å². The Morgan fingerprint density at radius 2 is 1.90 bits per heavy atom. The number of amides is 2. The summed E-state index contributed by atoms with van der Waals surface area (Å²) >= 11 is 0. The molecule has 154 valence electrons. The second-order valence-electron chi connectivity index (χ2n) is 8.54. The molecule has 2 aromatic heterocycles. The molecular formula is C20H27N7O2. The maximum Gasteiger partial charge on any atom is 0.254 e. The zero-order chi connectivity index (χ0) is 19.8. The molecule has 1 aliphatic carbocycles. The summed E-state index contributed by atoms with van der Waals surface area (Å²) in [6.07, 6.45) is 7.97. The maximum atomic E-state index is 12.9. The van der Waals surface area contributed by atoms with E-state index in [1.807, 2.05) is 4.90 Å². The number of piperidine rings is 2. The van der Waals surface area contributed by atoms with Gasteiger partial charge in [-0.2, -0.15) is 0 Å². The number of nitrogens with one attached hydrogen (secondary N) is 1. The van der Waals surface area contributed by atoms with Crippen LogP contribution in [0.4, 0.5) is 0 Å². The first-order valence-electron chi connectivity index (χ1n) is 10.7. The van der Waals surface area contributed by atoms with Gasteiger partial charge in [0.05, 0.1) is 5.92 Å². The Labute approximate surface area is 169 Å². The Hall–Kier alpha value is -2.55. The van der Waals surface area contributed by atoms with Gasteiger partial charge in [0.15, 0.2) is 5.65 Å². The van der Waals surface area contributed by atoms with Gasteiger partial charge < -0.3 is 10.2 Å². The summed E-state index contributed by atoms with van der Waals surface area (Å²) in [6, 6.07) is 4.40. The second-order valence-corrected chi connectivity index (χ2v) is 8.54. The van der Waals surface area contributed by atoms with Gasteiger partial charge in [0, 0.05) is 43.5 Å². The molecule has 4 heterocycles. The van der Waals surface area contributed by atoms with Crippen molar-refractivity contribution in [3.63, 3.8) is 0 Å². The van der Waals surface area contributed by atoms with Gasteiger partial charge in [0.25, 0.3) is 5.91 Å². The van der Waals surface area contributed by atoms with Gasteiger partial charge in [-0.05, 0) is 67.6 Å². The van der Waals surface area contributed by atoms with E-state index in [9.17, 15) is 9.59 Å². The van der Waals surface area contributed by atoms with Crippen molar-refractivity contribution in [2.45, 2.75) is 50.6 Å². The van der Waals surface area contributed by atoms with Crippen LogP contribution in [0, 0.1) is 5.92 Å². The number of hydrogen-bond acceptors (Lipinski definition) is 6. The summed E-state index contributed by atoms with van der Waals surface area (Å²) in [5.74, 6) is 0.393. The van der Waals surface area contributed by atoms with Crippen molar-refractivity contribution in [2.24, 2.45) is 5.92 Å². The second kappa shape index (κ2) is 7.70. The van der Waals surface area contributed by atoms with Crippen molar-refractivity contribution in [3.8, 4) is 0 Å². The lowest BCUT2D eigenvalue weighted by Crippen LogP contribution is -2.51. The zero-order valence-corrected chi connectivity index (χ0v) is 16.5. The van der Waals surface area contributed by atoms with Gasteiger partial charge in [-0.1, -0.05) is 0 Å². The van der Waals surface area contributed by atoms with Crippen molar-refractivity contribution in [2.75, 3.05) is 26.2 Å². The third kappa shape index (κ3) is 3.96. The molecule has 0 radical (unpaired) electrons. The highest BCUT2D eigenvalue weighted by atomic mass is 16.2. The lowest BCUT2D eigenvalue weighted by atomic mass is 9.93. The van der Waals surface area contributed by atoms with Crippen molar-refractivity contribution in [3.05, 3.63) is 23.9 Å². The molecule has 29 heavy (non-hydrogen) atoms. The van der Waals surface area contributed by atoms with Crippen molar-refractivity contribution >= 4 is 17.5 Å². The lowest BCUT2D eigenvalue weighted by Gasteiger charge is -2.42. The molecule has 9 nitrogen and oxygen atoms in total. The zero-order valence-electron chi connectivity index (χ0n) is 16.5. The van der Waals surface area contributed by atoms with Crippen LogP contribution in [-0.2, 0) is 4.79 Å². The summed E-state index contributed by atoms with van der Waals surface area (Å²) in [5, 5.41) is 14.5. The van der Waals surface area contributed by atoms with Crippen molar-refractivity contribution in [1.29, 1.82) is 0 Å². The number of pyridine rings is 1. The molecule has 1 N–H and O–H groups in total. The van der Waals surface area contributed by atoms with E-state index in [-0.39, 0.29) is 17.7 Å². The summed E-state index contributed by atoms with van der Waals surface area (Å²) in [6.45, 7) is 3.40. The minimum absolute atomic E-state index is 0.0364. The number of fused-ring (bicyclic) bond motifs is 1. The van der Waals surface area contributed by atoms with Crippen LogP contribution in [0.15, 0.2) is 18.3 Å². The van der Waals surface area contributed by atoms with Gasteiger partial charge >= 0.3 is 0 Å². The number of likely N-dealkylation sites (tertiary alicyclic amines) is 2. The minimum Gasteiger partial charge on any atom is -0.353 e. The smallest absolute Gasteiger partial charge is 0.254 e. The average molecular weight is 397 g/mol. The summed E-state index contributed by atoms with van der Waals surface area (Å²) < 4.78 is 1.55. The first-order chi connectivity index (χ1) is 14.2. The molecule has 3 fully saturated rings. The van der Waals surface area contributed by atoms with Crippen molar-refractivity contribution in [1.82, 2.24) is 35.2 Å². The molecule has 2 saturated heterocycles. The number of carbonyl (C=O) groups excluding carboxylic acids is 2. The number of hydrogen-bond donors (Lipinski definition) is 1. The minimum atomic E-state index is 0.0364.